The van der Waals surface area contributed by atoms with Crippen LogP contribution in [0.3, 0.4) is 0 Å². The van der Waals surface area contributed by atoms with Crippen molar-refractivity contribution >= 4 is 11.8 Å². The second-order valence-electron chi connectivity index (χ2n) is 8.61. The van der Waals surface area contributed by atoms with E-state index in [-0.39, 0.29) is 17.4 Å². The summed E-state index contributed by atoms with van der Waals surface area (Å²) in [7, 11) is 0. The number of carbonyl (C=O) groups is 2. The molecule has 2 aromatic rings. The van der Waals surface area contributed by atoms with Gasteiger partial charge >= 0.3 is 0 Å². The molecule has 0 saturated carbocycles. The lowest BCUT2D eigenvalue weighted by Crippen LogP contribution is -2.48. The summed E-state index contributed by atoms with van der Waals surface area (Å²) in [5.41, 5.74) is -0.131. The number of nitrogens with zero attached hydrogens (tertiary/aromatic N) is 2. The van der Waals surface area contributed by atoms with Gasteiger partial charge < -0.3 is 14.5 Å². The number of hydrogen-bond donors (Lipinski definition) is 0. The SMILES string of the molecule is O=C(c1ccc(F)cc1F)N1CCC(C(=O)N2CCCC(COc3ccccc3)C2)CC1. The Morgan fingerprint density at radius 1 is 0.938 bits per heavy atom. The third kappa shape index (κ3) is 5.26. The summed E-state index contributed by atoms with van der Waals surface area (Å²) < 4.78 is 33.0. The lowest BCUT2D eigenvalue weighted by atomic mass is 9.92. The van der Waals surface area contributed by atoms with E-state index < -0.39 is 17.5 Å². The first-order valence-electron chi connectivity index (χ1n) is 11.2. The summed E-state index contributed by atoms with van der Waals surface area (Å²) in [5.74, 6) is -0.880. The van der Waals surface area contributed by atoms with Crippen molar-refractivity contribution in [3.63, 3.8) is 0 Å². The quantitative estimate of drug-likeness (QED) is 0.700. The standard InChI is InChI=1S/C25H28F2N2O3/c26-20-8-9-22(23(27)15-20)25(31)28-13-10-19(11-14-28)24(30)29-12-4-5-18(16-29)17-32-21-6-2-1-3-7-21/h1-3,6-9,15,18-19H,4-5,10-14,16-17H2. The predicted octanol–water partition coefficient (Wildman–Crippen LogP) is 4.13. The molecule has 2 fully saturated rings. The fourth-order valence-electron chi connectivity index (χ4n) is 4.55. The summed E-state index contributed by atoms with van der Waals surface area (Å²) in [6, 6.07) is 12.7. The minimum Gasteiger partial charge on any atom is -0.493 e. The third-order valence-electron chi connectivity index (χ3n) is 6.35. The Morgan fingerprint density at radius 3 is 2.41 bits per heavy atom. The molecule has 2 heterocycles. The summed E-state index contributed by atoms with van der Waals surface area (Å²) in [5, 5.41) is 0. The predicted molar refractivity (Wildman–Crippen MR) is 116 cm³/mol. The van der Waals surface area contributed by atoms with E-state index in [1.165, 1.54) is 6.07 Å². The van der Waals surface area contributed by atoms with Gasteiger partial charge in [-0.05, 0) is 49.9 Å². The molecule has 0 aromatic heterocycles. The summed E-state index contributed by atoms with van der Waals surface area (Å²) >= 11 is 0. The third-order valence-corrected chi connectivity index (χ3v) is 6.35. The normalized spacial score (nSPS) is 19.6. The average Bonchev–Trinajstić information content (AvgIpc) is 2.83. The van der Waals surface area contributed by atoms with Crippen LogP contribution in [0.25, 0.3) is 0 Å². The number of amides is 2. The topological polar surface area (TPSA) is 49.9 Å². The molecular formula is C25H28F2N2O3. The number of halogens is 2. The Hall–Kier alpha value is -2.96. The van der Waals surface area contributed by atoms with E-state index in [1.807, 2.05) is 35.2 Å². The Kier molecular flexibility index (Phi) is 7.02. The van der Waals surface area contributed by atoms with Crippen molar-refractivity contribution in [1.29, 1.82) is 0 Å². The van der Waals surface area contributed by atoms with Gasteiger partial charge in [-0.3, -0.25) is 9.59 Å². The van der Waals surface area contributed by atoms with Gasteiger partial charge in [0.15, 0.2) is 0 Å². The minimum atomic E-state index is -0.856. The van der Waals surface area contributed by atoms with Crippen molar-refractivity contribution in [2.45, 2.75) is 25.7 Å². The molecule has 0 bridgehead atoms. The molecule has 1 atom stereocenters. The van der Waals surface area contributed by atoms with Crippen LogP contribution in [-0.2, 0) is 4.79 Å². The molecule has 2 aliphatic rings. The maximum atomic E-state index is 14.0. The van der Waals surface area contributed by atoms with Gasteiger partial charge in [-0.15, -0.1) is 0 Å². The van der Waals surface area contributed by atoms with Gasteiger partial charge in [0.1, 0.15) is 17.4 Å². The van der Waals surface area contributed by atoms with Crippen molar-refractivity contribution in [1.82, 2.24) is 9.80 Å². The molecule has 2 aliphatic heterocycles. The smallest absolute Gasteiger partial charge is 0.256 e. The van der Waals surface area contributed by atoms with Gasteiger partial charge in [0.05, 0.1) is 12.2 Å². The number of likely N-dealkylation sites (tertiary alicyclic amines) is 2. The number of ether oxygens (including phenoxy) is 1. The van der Waals surface area contributed by atoms with Gasteiger partial charge in [0.25, 0.3) is 5.91 Å². The highest BCUT2D eigenvalue weighted by Gasteiger charge is 2.33. The fourth-order valence-corrected chi connectivity index (χ4v) is 4.55. The van der Waals surface area contributed by atoms with Crippen LogP contribution in [0.2, 0.25) is 0 Å². The zero-order valence-electron chi connectivity index (χ0n) is 18.0. The van der Waals surface area contributed by atoms with E-state index in [9.17, 15) is 18.4 Å². The lowest BCUT2D eigenvalue weighted by Gasteiger charge is -2.37. The first kappa shape index (κ1) is 22.2. The van der Waals surface area contributed by atoms with Crippen LogP contribution in [0, 0.1) is 23.5 Å². The molecule has 0 radical (unpaired) electrons. The Labute approximate surface area is 187 Å². The van der Waals surface area contributed by atoms with Crippen molar-refractivity contribution in [3.05, 3.63) is 65.7 Å². The number of benzene rings is 2. The second kappa shape index (κ2) is 10.1. The number of carbonyl (C=O) groups excluding carboxylic acids is 2. The van der Waals surface area contributed by atoms with E-state index in [0.29, 0.717) is 45.0 Å². The van der Waals surface area contributed by atoms with Gasteiger partial charge in [0, 0.05) is 44.1 Å². The molecule has 170 valence electrons. The first-order valence-corrected chi connectivity index (χ1v) is 11.2. The maximum Gasteiger partial charge on any atom is 0.256 e. The van der Waals surface area contributed by atoms with Crippen LogP contribution >= 0.6 is 0 Å². The van der Waals surface area contributed by atoms with Crippen LogP contribution in [0.1, 0.15) is 36.0 Å². The Balaban J connectivity index is 1.27. The Bertz CT molecular complexity index is 945. The summed E-state index contributed by atoms with van der Waals surface area (Å²) in [6.45, 7) is 2.80. The van der Waals surface area contributed by atoms with Crippen molar-refractivity contribution in [2.24, 2.45) is 11.8 Å². The Morgan fingerprint density at radius 2 is 1.69 bits per heavy atom. The van der Waals surface area contributed by atoms with Gasteiger partial charge in [-0.1, -0.05) is 18.2 Å². The minimum absolute atomic E-state index is 0.131. The largest absolute Gasteiger partial charge is 0.493 e. The number of hydrogen-bond acceptors (Lipinski definition) is 3. The fraction of sp³-hybridized carbons (Fsp3) is 0.440. The van der Waals surface area contributed by atoms with E-state index >= 15 is 0 Å². The summed E-state index contributed by atoms with van der Waals surface area (Å²) in [4.78, 5) is 29.2. The molecule has 0 spiro atoms. The monoisotopic (exact) mass is 442 g/mol. The van der Waals surface area contributed by atoms with E-state index in [0.717, 1.165) is 37.3 Å². The van der Waals surface area contributed by atoms with Crippen LogP contribution in [-0.4, -0.2) is 54.4 Å². The molecule has 5 nitrogen and oxygen atoms in total. The molecule has 0 N–H and O–H groups in total. The summed E-state index contributed by atoms with van der Waals surface area (Å²) in [6.07, 6.45) is 3.09. The van der Waals surface area contributed by atoms with Crippen LogP contribution in [0.4, 0.5) is 8.78 Å². The van der Waals surface area contributed by atoms with Gasteiger partial charge in [-0.2, -0.15) is 0 Å². The molecule has 4 rings (SSSR count). The first-order chi connectivity index (χ1) is 15.5. The van der Waals surface area contributed by atoms with Crippen molar-refractivity contribution in [2.75, 3.05) is 32.8 Å². The van der Waals surface area contributed by atoms with E-state index in [4.69, 9.17) is 4.74 Å². The highest BCUT2D eigenvalue weighted by atomic mass is 19.1. The zero-order valence-corrected chi connectivity index (χ0v) is 18.0. The maximum absolute atomic E-state index is 14.0. The molecule has 2 aromatic carbocycles. The van der Waals surface area contributed by atoms with Gasteiger partial charge in [0.2, 0.25) is 5.91 Å². The van der Waals surface area contributed by atoms with Crippen molar-refractivity contribution < 1.29 is 23.1 Å². The van der Waals surface area contributed by atoms with E-state index in [2.05, 4.69) is 0 Å². The number of rotatable bonds is 5. The second-order valence-corrected chi connectivity index (χ2v) is 8.61. The number of piperidine rings is 2. The van der Waals surface area contributed by atoms with E-state index in [1.54, 1.807) is 4.90 Å². The van der Waals surface area contributed by atoms with Crippen molar-refractivity contribution in [3.8, 4) is 5.75 Å². The highest BCUT2D eigenvalue weighted by Crippen LogP contribution is 2.25. The number of para-hydroxylation sites is 1. The molecule has 7 heteroatoms. The zero-order chi connectivity index (χ0) is 22.5. The van der Waals surface area contributed by atoms with Gasteiger partial charge in [-0.25, -0.2) is 8.78 Å². The highest BCUT2D eigenvalue weighted by molar-refractivity contribution is 5.94. The van der Waals surface area contributed by atoms with Crippen LogP contribution in [0.15, 0.2) is 48.5 Å². The molecule has 2 amide bonds. The average molecular weight is 443 g/mol. The molecule has 0 aliphatic carbocycles. The van der Waals surface area contributed by atoms with Crippen LogP contribution in [0.5, 0.6) is 5.75 Å². The molecule has 32 heavy (non-hydrogen) atoms. The van der Waals surface area contributed by atoms with Crippen LogP contribution < -0.4 is 4.74 Å². The lowest BCUT2D eigenvalue weighted by molar-refractivity contribution is -0.139. The molecule has 1 unspecified atom stereocenters. The molecular weight excluding hydrogens is 414 g/mol. The molecule has 2 saturated heterocycles.